The quantitative estimate of drug-likeness (QED) is 0.256. The Morgan fingerprint density at radius 2 is 1.79 bits per heavy atom. The number of imidazole rings is 1. The third-order valence-corrected chi connectivity index (χ3v) is 6.57. The standard InChI is InChI=1S/C28H23ClN2O2/c29-24-7-2-1-6-23(24)28(20-4-3-5-20)27(22-13-14-25-30-16-17-31(25)18-22)21-11-8-19(9-12-21)10-15-26(32)33/h1-2,6-18,20H,3-5H2,(H,32,33)/b15-10+,28-27+. The number of fused-ring (bicyclic) bond motifs is 1. The second-order valence-electron chi connectivity index (χ2n) is 8.30. The third-order valence-electron chi connectivity index (χ3n) is 6.24. The number of nitrogens with zero attached hydrogens (tertiary/aromatic N) is 2. The normalized spacial score (nSPS) is 14.9. The molecule has 2 heterocycles. The van der Waals surface area contributed by atoms with Crippen LogP contribution < -0.4 is 0 Å². The van der Waals surface area contributed by atoms with Crippen molar-refractivity contribution in [2.45, 2.75) is 19.3 Å². The van der Waals surface area contributed by atoms with Gasteiger partial charge in [-0.25, -0.2) is 9.78 Å². The van der Waals surface area contributed by atoms with Crippen molar-refractivity contribution in [1.29, 1.82) is 0 Å². The maximum absolute atomic E-state index is 10.9. The van der Waals surface area contributed by atoms with Crippen molar-refractivity contribution in [3.63, 3.8) is 0 Å². The van der Waals surface area contributed by atoms with Crippen LogP contribution in [0.15, 0.2) is 85.3 Å². The van der Waals surface area contributed by atoms with Crippen molar-refractivity contribution in [2.24, 2.45) is 5.92 Å². The Labute approximate surface area is 197 Å². The summed E-state index contributed by atoms with van der Waals surface area (Å²) in [5.41, 5.74) is 7.39. The van der Waals surface area contributed by atoms with Gasteiger partial charge in [-0.15, -0.1) is 0 Å². The SMILES string of the molecule is O=C(O)/C=C/c1ccc(/C(=C(\c2ccccc2Cl)C2CCC2)c2ccc3nccn3c2)cc1. The highest BCUT2D eigenvalue weighted by molar-refractivity contribution is 6.32. The summed E-state index contributed by atoms with van der Waals surface area (Å²) in [7, 11) is 0. The smallest absolute Gasteiger partial charge is 0.328 e. The van der Waals surface area contributed by atoms with E-state index >= 15 is 0 Å². The molecule has 2 aromatic carbocycles. The Bertz CT molecular complexity index is 1380. The molecule has 0 amide bonds. The van der Waals surface area contributed by atoms with E-state index in [1.54, 1.807) is 12.3 Å². The number of hydrogen-bond acceptors (Lipinski definition) is 2. The minimum absolute atomic E-state index is 0.435. The minimum Gasteiger partial charge on any atom is -0.478 e. The summed E-state index contributed by atoms with van der Waals surface area (Å²) in [6.45, 7) is 0. The molecule has 4 nitrogen and oxygen atoms in total. The van der Waals surface area contributed by atoms with Crippen LogP contribution in [0.3, 0.4) is 0 Å². The van der Waals surface area contributed by atoms with E-state index < -0.39 is 5.97 Å². The molecule has 0 atom stereocenters. The number of carboxylic acids is 1. The van der Waals surface area contributed by atoms with Crippen LogP contribution >= 0.6 is 11.6 Å². The van der Waals surface area contributed by atoms with Gasteiger partial charge < -0.3 is 9.51 Å². The number of rotatable bonds is 6. The highest BCUT2D eigenvalue weighted by Crippen LogP contribution is 2.46. The maximum Gasteiger partial charge on any atom is 0.328 e. The first-order chi connectivity index (χ1) is 16.1. The van der Waals surface area contributed by atoms with Crippen LogP contribution in [0.5, 0.6) is 0 Å². The number of aromatic nitrogens is 2. The van der Waals surface area contributed by atoms with Crippen LogP contribution in [0, 0.1) is 5.92 Å². The summed E-state index contributed by atoms with van der Waals surface area (Å²) in [4.78, 5) is 15.3. The molecule has 0 spiro atoms. The molecule has 2 aromatic heterocycles. The molecule has 164 valence electrons. The van der Waals surface area contributed by atoms with Gasteiger partial charge in [0.2, 0.25) is 0 Å². The monoisotopic (exact) mass is 454 g/mol. The molecule has 1 saturated carbocycles. The van der Waals surface area contributed by atoms with Gasteiger partial charge in [-0.05, 0) is 76.4 Å². The second kappa shape index (κ2) is 9.08. The Kier molecular flexibility index (Phi) is 5.84. The van der Waals surface area contributed by atoms with Gasteiger partial charge in [0, 0.05) is 29.7 Å². The molecule has 0 radical (unpaired) electrons. The van der Waals surface area contributed by atoms with Crippen molar-refractivity contribution in [1.82, 2.24) is 9.38 Å². The summed E-state index contributed by atoms with van der Waals surface area (Å²) >= 11 is 6.72. The van der Waals surface area contributed by atoms with Crippen molar-refractivity contribution in [3.05, 3.63) is 113 Å². The predicted molar refractivity (Wildman–Crippen MR) is 133 cm³/mol. The van der Waals surface area contributed by atoms with E-state index in [1.807, 2.05) is 47.0 Å². The Hall–Kier alpha value is -3.63. The third kappa shape index (κ3) is 4.35. The summed E-state index contributed by atoms with van der Waals surface area (Å²) in [5, 5.41) is 9.69. The molecular weight excluding hydrogens is 432 g/mol. The number of allylic oxidation sites excluding steroid dienone is 1. The van der Waals surface area contributed by atoms with Gasteiger partial charge in [-0.1, -0.05) is 60.5 Å². The average Bonchev–Trinajstić information content (AvgIpc) is 3.25. The number of carbonyl (C=O) groups is 1. The zero-order valence-corrected chi connectivity index (χ0v) is 18.7. The first kappa shape index (κ1) is 21.2. The van der Waals surface area contributed by atoms with Gasteiger partial charge >= 0.3 is 5.97 Å². The van der Waals surface area contributed by atoms with Crippen molar-refractivity contribution < 1.29 is 9.90 Å². The second-order valence-corrected chi connectivity index (χ2v) is 8.71. The van der Waals surface area contributed by atoms with Gasteiger partial charge in [0.05, 0.1) is 0 Å². The van der Waals surface area contributed by atoms with E-state index in [-0.39, 0.29) is 0 Å². The van der Waals surface area contributed by atoms with Crippen molar-refractivity contribution in [2.75, 3.05) is 0 Å². The predicted octanol–water partition coefficient (Wildman–Crippen LogP) is 6.84. The fourth-order valence-electron chi connectivity index (χ4n) is 4.41. The van der Waals surface area contributed by atoms with Crippen LogP contribution in [-0.4, -0.2) is 20.5 Å². The van der Waals surface area contributed by atoms with Crippen LogP contribution in [-0.2, 0) is 4.79 Å². The summed E-state index contributed by atoms with van der Waals surface area (Å²) in [5.74, 6) is -0.524. The van der Waals surface area contributed by atoms with E-state index in [9.17, 15) is 4.79 Å². The van der Waals surface area contributed by atoms with Crippen molar-refractivity contribution in [3.8, 4) is 0 Å². The number of benzene rings is 2. The lowest BCUT2D eigenvalue weighted by Gasteiger charge is -2.32. The van der Waals surface area contributed by atoms with Gasteiger partial charge in [0.25, 0.3) is 0 Å². The number of aliphatic carboxylic acids is 1. The van der Waals surface area contributed by atoms with Crippen molar-refractivity contribution >= 4 is 40.4 Å². The molecule has 1 N–H and O–H groups in total. The van der Waals surface area contributed by atoms with Crippen LogP contribution in [0.2, 0.25) is 5.02 Å². The minimum atomic E-state index is -0.959. The van der Waals surface area contributed by atoms with Gasteiger partial charge in [0.15, 0.2) is 0 Å². The van der Waals surface area contributed by atoms with E-state index in [0.29, 0.717) is 5.92 Å². The lowest BCUT2D eigenvalue weighted by Crippen LogP contribution is -2.15. The maximum atomic E-state index is 10.9. The van der Waals surface area contributed by atoms with E-state index in [1.165, 1.54) is 12.0 Å². The molecule has 0 bridgehead atoms. The number of hydrogen-bond donors (Lipinski definition) is 1. The summed E-state index contributed by atoms with van der Waals surface area (Å²) in [6, 6.07) is 20.2. The number of carboxylic acid groups (broad SMARTS) is 1. The fraction of sp³-hybridized carbons (Fsp3) is 0.143. The van der Waals surface area contributed by atoms with Gasteiger partial charge in [0.1, 0.15) is 5.65 Å². The zero-order chi connectivity index (χ0) is 22.8. The van der Waals surface area contributed by atoms with Crippen LogP contribution in [0.1, 0.15) is 41.5 Å². The molecule has 4 aromatic rings. The van der Waals surface area contributed by atoms with Crippen LogP contribution in [0.25, 0.3) is 22.9 Å². The van der Waals surface area contributed by atoms with E-state index in [4.69, 9.17) is 16.7 Å². The molecule has 1 aliphatic rings. The molecule has 0 unspecified atom stereocenters. The topological polar surface area (TPSA) is 54.6 Å². The molecular formula is C28H23ClN2O2. The highest BCUT2D eigenvalue weighted by atomic mass is 35.5. The molecule has 1 aliphatic carbocycles. The first-order valence-corrected chi connectivity index (χ1v) is 11.4. The van der Waals surface area contributed by atoms with E-state index in [0.717, 1.165) is 57.4 Å². The molecule has 0 aliphatic heterocycles. The van der Waals surface area contributed by atoms with Crippen LogP contribution in [0.4, 0.5) is 0 Å². The highest BCUT2D eigenvalue weighted by Gasteiger charge is 2.28. The summed E-state index contributed by atoms with van der Waals surface area (Å²) in [6.07, 6.45) is 12.1. The first-order valence-electron chi connectivity index (χ1n) is 11.0. The lowest BCUT2D eigenvalue weighted by atomic mass is 9.73. The zero-order valence-electron chi connectivity index (χ0n) is 18.0. The Morgan fingerprint density at radius 3 is 2.48 bits per heavy atom. The molecule has 1 fully saturated rings. The Balaban J connectivity index is 1.74. The Morgan fingerprint density at radius 1 is 1.03 bits per heavy atom. The molecule has 5 rings (SSSR count). The fourth-order valence-corrected chi connectivity index (χ4v) is 4.65. The number of pyridine rings is 1. The van der Waals surface area contributed by atoms with Gasteiger partial charge in [-0.3, -0.25) is 0 Å². The lowest BCUT2D eigenvalue weighted by molar-refractivity contribution is -0.131. The van der Waals surface area contributed by atoms with E-state index in [2.05, 4.69) is 35.4 Å². The molecule has 0 saturated heterocycles. The van der Waals surface area contributed by atoms with Gasteiger partial charge in [-0.2, -0.15) is 0 Å². The molecule has 33 heavy (non-hydrogen) atoms. The average molecular weight is 455 g/mol. The largest absolute Gasteiger partial charge is 0.478 e. The number of halogens is 1. The summed E-state index contributed by atoms with van der Waals surface area (Å²) < 4.78 is 2.03. The molecule has 5 heteroatoms.